The van der Waals surface area contributed by atoms with Gasteiger partial charge in [-0.1, -0.05) is 132 Å². The molecule has 36 heteroatoms. The van der Waals surface area contributed by atoms with Crippen molar-refractivity contribution in [2.24, 2.45) is 73.9 Å². The fourth-order valence-corrected chi connectivity index (χ4v) is 11.7. The van der Waals surface area contributed by atoms with Gasteiger partial charge in [-0.3, -0.25) is 67.9 Å². The summed E-state index contributed by atoms with van der Waals surface area (Å²) in [5.41, 5.74) is 31.9. The molecule has 0 aliphatic rings. The lowest BCUT2D eigenvalue weighted by Crippen LogP contribution is -2.79. The maximum atomic E-state index is 17.2. The van der Waals surface area contributed by atoms with Gasteiger partial charge in [0.05, 0.1) is 49.8 Å². The summed E-state index contributed by atoms with van der Waals surface area (Å²) < 4.78 is 11.1. The van der Waals surface area contributed by atoms with Crippen LogP contribution in [0.3, 0.4) is 0 Å². The number of nitrogens with two attached hydrogens (primary N) is 6. The Morgan fingerprint density at radius 3 is 1.71 bits per heavy atom. The molecule has 11 amide bonds. The van der Waals surface area contributed by atoms with Crippen molar-refractivity contribution in [2.75, 3.05) is 25.0 Å². The van der Waals surface area contributed by atoms with Gasteiger partial charge in [-0.2, -0.15) is 0 Å². The third-order valence-corrected chi connectivity index (χ3v) is 17.2. The molecule has 2 aromatic carbocycles. The predicted octanol–water partition coefficient (Wildman–Crippen LogP) is -0.780. The summed E-state index contributed by atoms with van der Waals surface area (Å²) in [6, 6.07) is -3.23. The van der Waals surface area contributed by atoms with Crippen LogP contribution in [0.25, 0.3) is 0 Å². The molecule has 109 heavy (non-hydrogen) atoms. The highest BCUT2D eigenvalue weighted by molar-refractivity contribution is 6.23. The number of benzene rings is 2. The number of alkyl carbamates (subject to hydrolysis) is 1. The summed E-state index contributed by atoms with van der Waals surface area (Å²) in [6.07, 6.45) is -8.69. The number of aliphatic carboxylic acids is 1. The maximum absolute atomic E-state index is 17.2. The molecule has 0 heterocycles. The Balaban J connectivity index is 3.32. The lowest BCUT2D eigenvalue weighted by Gasteiger charge is -2.49. The van der Waals surface area contributed by atoms with Crippen molar-refractivity contribution in [3.05, 3.63) is 65.7 Å². The van der Waals surface area contributed by atoms with Gasteiger partial charge in [0.2, 0.25) is 41.4 Å². The first-order valence-corrected chi connectivity index (χ1v) is 36.0. The fraction of sp³-hybridized carbons (Fsp3) is 0.630. The number of carbonyl (C=O) groups is 14. The van der Waals surface area contributed by atoms with Gasteiger partial charge in [0.25, 0.3) is 11.8 Å². The molecule has 2 rings (SSSR count). The number of ketones is 2. The van der Waals surface area contributed by atoms with E-state index >= 15 is 28.8 Å². The lowest BCUT2D eigenvalue weighted by atomic mass is 9.65. The molecule has 2 aromatic rings. The number of rotatable bonds is 42. The summed E-state index contributed by atoms with van der Waals surface area (Å²) in [5, 5.41) is 60.5. The molecule has 0 aromatic heterocycles. The molecular formula is C73H118N16O20. The lowest BCUT2D eigenvalue weighted by molar-refractivity contribution is -0.174. The van der Waals surface area contributed by atoms with Gasteiger partial charge in [-0.25, -0.2) is 14.4 Å². The number of Topliss-reactive ketones (excluding diaryl/α,β-unsaturated/α-hetero) is 2. The number of hydrogen-bond donors (Lipinski definition) is 18. The molecule has 36 nitrogen and oxygen atoms in total. The van der Waals surface area contributed by atoms with E-state index in [0.717, 1.165) is 6.92 Å². The number of nitrogens with zero attached hydrogens (tertiary/aromatic N) is 2. The quantitative estimate of drug-likeness (QED) is 0.0168. The van der Waals surface area contributed by atoms with Crippen molar-refractivity contribution >= 4 is 94.5 Å². The molecule has 0 fully saturated rings. The van der Waals surface area contributed by atoms with Crippen LogP contribution in [0.1, 0.15) is 160 Å². The average Bonchev–Trinajstić information content (AvgIpc) is 0.717. The van der Waals surface area contributed by atoms with E-state index in [1.54, 1.807) is 99.6 Å². The minimum absolute atomic E-state index is 0.0641. The molecule has 0 aliphatic carbocycles. The second kappa shape index (κ2) is 42.9. The zero-order valence-corrected chi connectivity index (χ0v) is 65.3. The first-order valence-electron chi connectivity index (χ1n) is 36.0. The number of imide groups is 1. The molecule has 0 saturated carbocycles. The number of hydrogen-bond acceptors (Lipinski definition) is 23. The predicted molar refractivity (Wildman–Crippen MR) is 402 cm³/mol. The number of guanidine groups is 1. The number of carboxylic acids is 1. The van der Waals surface area contributed by atoms with E-state index in [-0.39, 0.29) is 48.6 Å². The minimum Gasteiger partial charge on any atom is -0.480 e. The molecule has 2 unspecified atom stereocenters. The Hall–Kier alpha value is -9.75. The second-order valence-electron chi connectivity index (χ2n) is 31.2. The third-order valence-electron chi connectivity index (χ3n) is 17.2. The Labute approximate surface area is 636 Å². The van der Waals surface area contributed by atoms with Gasteiger partial charge in [0.1, 0.15) is 54.5 Å². The molecule has 0 spiro atoms. The monoisotopic (exact) mass is 1540 g/mol. The number of amides is 11. The van der Waals surface area contributed by atoms with Crippen LogP contribution in [0.4, 0.5) is 15.3 Å². The largest absolute Gasteiger partial charge is 0.480 e. The van der Waals surface area contributed by atoms with Crippen molar-refractivity contribution in [2.45, 2.75) is 240 Å². The number of primary amides is 1. The summed E-state index contributed by atoms with van der Waals surface area (Å²) in [5.74, 6) is -22.7. The van der Waals surface area contributed by atoms with Gasteiger partial charge in [0.15, 0.2) is 23.1 Å². The Morgan fingerprint density at radius 2 is 1.19 bits per heavy atom. The zero-order valence-electron chi connectivity index (χ0n) is 65.3. The number of anilines is 1. The van der Waals surface area contributed by atoms with E-state index in [0.29, 0.717) is 5.56 Å². The van der Waals surface area contributed by atoms with Gasteiger partial charge < -0.3 is 102 Å². The topological polar surface area (TPSA) is 606 Å². The van der Waals surface area contributed by atoms with Crippen molar-refractivity contribution in [3.8, 4) is 0 Å². The fourth-order valence-electron chi connectivity index (χ4n) is 11.7. The van der Waals surface area contributed by atoms with E-state index in [1.165, 1.54) is 58.9 Å². The van der Waals surface area contributed by atoms with Crippen LogP contribution in [0.15, 0.2) is 59.6 Å². The average molecular weight is 1540 g/mol. The minimum atomic E-state index is -3.72. The second-order valence-corrected chi connectivity index (χ2v) is 31.2. The van der Waals surface area contributed by atoms with Crippen LogP contribution < -0.4 is 76.9 Å². The van der Waals surface area contributed by atoms with Gasteiger partial charge in [-0.15, -0.1) is 0 Å². The summed E-state index contributed by atoms with van der Waals surface area (Å²) >= 11 is 0. The van der Waals surface area contributed by atoms with Crippen LogP contribution in [-0.2, 0) is 80.0 Å². The third kappa shape index (κ3) is 30.7. The van der Waals surface area contributed by atoms with Gasteiger partial charge in [0, 0.05) is 12.2 Å². The molecule has 24 N–H and O–H groups in total. The number of aliphatic imine (C=N–C) groups is 1. The number of carboxylic acid groups (broad SMARTS) is 1. The Bertz CT molecular complexity index is 3520. The van der Waals surface area contributed by atoms with E-state index in [9.17, 15) is 58.8 Å². The van der Waals surface area contributed by atoms with Crippen molar-refractivity contribution in [1.29, 1.82) is 0 Å². The van der Waals surface area contributed by atoms with E-state index in [1.807, 2.05) is 5.32 Å². The number of aliphatic hydroxyl groups excluding tert-OH is 3. The SMILES string of the molecule is CCC(C)[C@H](NC(=O)[C@@H](CCCN=C(N)N)NC(=O)[C@](C(=O)[C@@H](N)CC(C)(C)C)(C(C(=O)[C@@H](N)Cc1cccc(NC(=O)OC(C)(C)C)c1)C(C)C)N(C(=O)[C@@H](N)[C@H](O)C(C)C)C(=O)[C@@H](CC(C)(C)C)NC(=O)OCc1ccccc1)C(=O)N[C@H](C(=O)NCC(=O)N[C@@H](CC(N)=O)C(=O)N[C@@H](CO)C(=O)O)[C@H](C)O. The highest BCUT2D eigenvalue weighted by Crippen LogP contribution is 2.40. The molecule has 0 aliphatic heterocycles. The first-order chi connectivity index (χ1) is 50.3. The van der Waals surface area contributed by atoms with Crippen LogP contribution in [0.2, 0.25) is 0 Å². The number of carbonyl (C=O) groups excluding carboxylic acids is 13. The maximum Gasteiger partial charge on any atom is 0.412 e. The normalized spacial score (nSPS) is 15.9. The Morgan fingerprint density at radius 1 is 0.615 bits per heavy atom. The van der Waals surface area contributed by atoms with Gasteiger partial charge in [-0.05, 0) is 112 Å². The van der Waals surface area contributed by atoms with Crippen LogP contribution in [0, 0.1) is 34.5 Å². The number of nitrogens with one attached hydrogen (secondary N) is 8. The summed E-state index contributed by atoms with van der Waals surface area (Å²) in [6.45, 7) is 21.9. The van der Waals surface area contributed by atoms with E-state index < -0.39 is 240 Å². The Kier molecular flexibility index (Phi) is 37.5. The molecule has 610 valence electrons. The molecule has 0 bridgehead atoms. The van der Waals surface area contributed by atoms with Crippen LogP contribution >= 0.6 is 0 Å². The molecular weight excluding hydrogens is 1420 g/mol. The molecule has 0 saturated heterocycles. The first kappa shape index (κ1) is 95.3. The van der Waals surface area contributed by atoms with E-state index in [2.05, 4.69) is 42.2 Å². The summed E-state index contributed by atoms with van der Waals surface area (Å²) in [4.78, 5) is 209. The standard InChI is InChI=1S/C73H118N16O20/c1-17-39(6)54(62(100)88-55(40(7)91)61(99)81-34-51(93)83-47(31-50(76)92)60(98)84-49(35-90)65(103)104)87-59(97)46(27-22-28-80-67(78)79)85-66(105)73(58(96)45(75)32-70(8,9)10,52(37(2)3)57(95)44(74)30-42-25-21-26-43(29-42)82-69(107)109-72(14,15)16)89(64(102)53(77)56(94)38(4)5)63(101)48(33-71(11,12)13)86-68(106)108-36-41-23-19-18-20-24-41/h18-21,23-26,29,37-40,44-49,52-56,90-91,94H,17,22,27-28,30-36,74-75,77H2,1-16H3,(H2,76,92)(H,81,99)(H,82,107)(H,83,93)(H,84,98)(H,85,105)(H,86,106)(H,87,97)(H,88,100)(H,103,104)(H4,78,79,80)/t39?,40-,44-,45-,46+,47-,48+,49-,52?,53-,54-,55-,56+,73+/m0/s1. The van der Waals surface area contributed by atoms with Crippen LogP contribution in [0.5, 0.6) is 0 Å². The van der Waals surface area contributed by atoms with E-state index in [4.69, 9.17) is 43.9 Å². The van der Waals surface area contributed by atoms with Crippen molar-refractivity contribution < 1.29 is 97.0 Å². The zero-order chi connectivity index (χ0) is 83.6. The highest BCUT2D eigenvalue weighted by atomic mass is 16.6. The van der Waals surface area contributed by atoms with Gasteiger partial charge >= 0.3 is 18.2 Å². The van der Waals surface area contributed by atoms with Crippen molar-refractivity contribution in [1.82, 2.24) is 42.1 Å². The number of aliphatic hydroxyl groups is 3. The molecule has 0 radical (unpaired) electrons. The highest BCUT2D eigenvalue weighted by Gasteiger charge is 2.66. The van der Waals surface area contributed by atoms with Crippen LogP contribution in [-0.4, -0.2) is 212 Å². The van der Waals surface area contributed by atoms with Crippen molar-refractivity contribution in [3.63, 3.8) is 0 Å². The molecule has 14 atom stereocenters. The summed E-state index contributed by atoms with van der Waals surface area (Å²) in [7, 11) is 0. The smallest absolute Gasteiger partial charge is 0.412 e. The number of ether oxygens (including phenoxy) is 2.